The normalized spacial score (nSPS) is 34.4. The highest BCUT2D eigenvalue weighted by Gasteiger charge is 2.41. The van der Waals surface area contributed by atoms with E-state index in [1.165, 1.54) is 6.42 Å². The first-order valence-corrected chi connectivity index (χ1v) is 4.14. The third-order valence-corrected chi connectivity index (χ3v) is 2.71. The van der Waals surface area contributed by atoms with Crippen LogP contribution in [0.5, 0.6) is 0 Å². The van der Waals surface area contributed by atoms with Crippen LogP contribution in [0.1, 0.15) is 6.42 Å². The van der Waals surface area contributed by atoms with Gasteiger partial charge in [-0.05, 0) is 19.0 Å². The lowest BCUT2D eigenvalue weighted by Crippen LogP contribution is -2.59. The Labute approximate surface area is 67.6 Å². The van der Waals surface area contributed by atoms with E-state index in [0.717, 1.165) is 24.8 Å². The zero-order valence-electron chi connectivity index (χ0n) is 6.71. The zero-order chi connectivity index (χ0) is 7.84. The van der Waals surface area contributed by atoms with E-state index in [9.17, 15) is 0 Å². The Balaban J connectivity index is 1.99. The van der Waals surface area contributed by atoms with Gasteiger partial charge in [0.15, 0.2) is 0 Å². The molecule has 0 aromatic rings. The van der Waals surface area contributed by atoms with Gasteiger partial charge in [0.25, 0.3) is 0 Å². The first kappa shape index (κ1) is 6.92. The minimum absolute atomic E-state index is 0.709. The highest BCUT2D eigenvalue weighted by molar-refractivity contribution is 5.19. The summed E-state index contributed by atoms with van der Waals surface area (Å²) >= 11 is 0. The Kier molecular flexibility index (Phi) is 1.50. The largest absolute Gasteiger partial charge is 0.366 e. The molecule has 2 fully saturated rings. The SMILES string of the molecule is C=CC(=C)N1CC2NCCC21. The summed E-state index contributed by atoms with van der Waals surface area (Å²) in [6, 6.07) is 1.44. The molecule has 2 heterocycles. The molecule has 0 saturated carbocycles. The van der Waals surface area contributed by atoms with E-state index in [0.29, 0.717) is 6.04 Å². The summed E-state index contributed by atoms with van der Waals surface area (Å²) in [4.78, 5) is 2.33. The molecule has 60 valence electrons. The highest BCUT2D eigenvalue weighted by atomic mass is 15.3. The molecule has 0 aromatic carbocycles. The summed E-state index contributed by atoms with van der Waals surface area (Å²) in [7, 11) is 0. The van der Waals surface area contributed by atoms with Crippen molar-refractivity contribution in [3.05, 3.63) is 24.9 Å². The molecular formula is C9H14N2. The zero-order valence-corrected chi connectivity index (χ0v) is 6.71. The lowest BCUT2D eigenvalue weighted by Gasteiger charge is -2.46. The maximum absolute atomic E-state index is 3.94. The second kappa shape index (κ2) is 2.38. The van der Waals surface area contributed by atoms with Gasteiger partial charge in [-0.15, -0.1) is 0 Å². The summed E-state index contributed by atoms with van der Waals surface area (Å²) in [5.41, 5.74) is 1.08. The Morgan fingerprint density at radius 3 is 3.09 bits per heavy atom. The van der Waals surface area contributed by atoms with Gasteiger partial charge in [-0.25, -0.2) is 0 Å². The van der Waals surface area contributed by atoms with Crippen molar-refractivity contribution in [2.45, 2.75) is 18.5 Å². The van der Waals surface area contributed by atoms with Crippen LogP contribution < -0.4 is 5.32 Å². The molecule has 0 radical (unpaired) electrons. The van der Waals surface area contributed by atoms with Crippen molar-refractivity contribution in [1.82, 2.24) is 10.2 Å². The Hall–Kier alpha value is -0.760. The number of fused-ring (bicyclic) bond motifs is 1. The van der Waals surface area contributed by atoms with Gasteiger partial charge < -0.3 is 10.2 Å². The first-order valence-electron chi connectivity index (χ1n) is 4.14. The van der Waals surface area contributed by atoms with Crippen LogP contribution >= 0.6 is 0 Å². The summed E-state index contributed by atoms with van der Waals surface area (Å²) < 4.78 is 0. The Morgan fingerprint density at radius 2 is 2.45 bits per heavy atom. The molecule has 0 amide bonds. The molecule has 2 atom stereocenters. The van der Waals surface area contributed by atoms with E-state index in [-0.39, 0.29) is 0 Å². The predicted octanol–water partition coefficient (Wildman–Crippen LogP) is 0.732. The Morgan fingerprint density at radius 1 is 1.64 bits per heavy atom. The van der Waals surface area contributed by atoms with Gasteiger partial charge >= 0.3 is 0 Å². The Bertz CT molecular complexity index is 198. The van der Waals surface area contributed by atoms with E-state index in [1.807, 2.05) is 6.08 Å². The molecule has 2 saturated heterocycles. The van der Waals surface area contributed by atoms with Crippen molar-refractivity contribution < 1.29 is 0 Å². The molecule has 11 heavy (non-hydrogen) atoms. The van der Waals surface area contributed by atoms with E-state index >= 15 is 0 Å². The lowest BCUT2D eigenvalue weighted by molar-refractivity contribution is 0.121. The van der Waals surface area contributed by atoms with Crippen LogP contribution in [0.25, 0.3) is 0 Å². The molecule has 0 bridgehead atoms. The van der Waals surface area contributed by atoms with E-state index in [4.69, 9.17) is 0 Å². The number of rotatable bonds is 2. The van der Waals surface area contributed by atoms with Gasteiger partial charge in [0.1, 0.15) is 0 Å². The fourth-order valence-corrected chi connectivity index (χ4v) is 1.97. The summed E-state index contributed by atoms with van der Waals surface area (Å²) in [6.07, 6.45) is 3.10. The summed E-state index contributed by atoms with van der Waals surface area (Å²) in [5, 5.41) is 3.45. The average Bonchev–Trinajstić information content (AvgIpc) is 2.32. The fourth-order valence-electron chi connectivity index (χ4n) is 1.97. The fraction of sp³-hybridized carbons (Fsp3) is 0.556. The maximum Gasteiger partial charge on any atom is 0.0473 e. The second-order valence-electron chi connectivity index (χ2n) is 3.26. The number of hydrogen-bond donors (Lipinski definition) is 1. The van der Waals surface area contributed by atoms with Gasteiger partial charge in [-0.2, -0.15) is 0 Å². The van der Waals surface area contributed by atoms with Gasteiger partial charge in [-0.1, -0.05) is 13.2 Å². The number of nitrogens with zero attached hydrogens (tertiary/aromatic N) is 1. The van der Waals surface area contributed by atoms with Gasteiger partial charge in [0.05, 0.1) is 0 Å². The van der Waals surface area contributed by atoms with Crippen molar-refractivity contribution >= 4 is 0 Å². The quantitative estimate of drug-likeness (QED) is 0.584. The van der Waals surface area contributed by atoms with E-state index in [2.05, 4.69) is 23.4 Å². The van der Waals surface area contributed by atoms with Gasteiger partial charge in [0.2, 0.25) is 0 Å². The number of hydrogen-bond acceptors (Lipinski definition) is 2. The van der Waals surface area contributed by atoms with Crippen LogP contribution in [-0.4, -0.2) is 30.1 Å². The number of likely N-dealkylation sites (tertiary alicyclic amines) is 1. The molecule has 0 aromatic heterocycles. The van der Waals surface area contributed by atoms with Crippen LogP contribution in [0.3, 0.4) is 0 Å². The van der Waals surface area contributed by atoms with Crippen molar-refractivity contribution in [2.75, 3.05) is 13.1 Å². The maximum atomic E-state index is 3.94. The minimum atomic E-state index is 0.709. The monoisotopic (exact) mass is 150 g/mol. The van der Waals surface area contributed by atoms with Crippen molar-refractivity contribution in [2.24, 2.45) is 0 Å². The van der Waals surface area contributed by atoms with E-state index < -0.39 is 0 Å². The van der Waals surface area contributed by atoms with Crippen molar-refractivity contribution in [3.8, 4) is 0 Å². The molecule has 2 rings (SSSR count). The molecule has 1 N–H and O–H groups in total. The third-order valence-electron chi connectivity index (χ3n) is 2.71. The van der Waals surface area contributed by atoms with Crippen molar-refractivity contribution in [1.29, 1.82) is 0 Å². The second-order valence-corrected chi connectivity index (χ2v) is 3.26. The highest BCUT2D eigenvalue weighted by Crippen LogP contribution is 2.28. The molecule has 2 aliphatic rings. The predicted molar refractivity (Wildman–Crippen MR) is 46.2 cm³/mol. The van der Waals surface area contributed by atoms with Crippen LogP contribution in [0.2, 0.25) is 0 Å². The van der Waals surface area contributed by atoms with Gasteiger partial charge in [0, 0.05) is 24.3 Å². The van der Waals surface area contributed by atoms with Crippen LogP contribution in [-0.2, 0) is 0 Å². The van der Waals surface area contributed by atoms with Gasteiger partial charge in [-0.3, -0.25) is 0 Å². The molecule has 2 aliphatic heterocycles. The van der Waals surface area contributed by atoms with Crippen LogP contribution in [0, 0.1) is 0 Å². The van der Waals surface area contributed by atoms with E-state index in [1.54, 1.807) is 0 Å². The van der Waals surface area contributed by atoms with Crippen LogP contribution in [0.15, 0.2) is 24.9 Å². The first-order chi connectivity index (χ1) is 5.33. The molecule has 0 spiro atoms. The lowest BCUT2D eigenvalue weighted by atomic mass is 9.97. The molecule has 2 nitrogen and oxygen atoms in total. The molecule has 2 heteroatoms. The van der Waals surface area contributed by atoms with Crippen LogP contribution in [0.4, 0.5) is 0 Å². The number of nitrogens with one attached hydrogen (secondary N) is 1. The molecular weight excluding hydrogens is 136 g/mol. The average molecular weight is 150 g/mol. The summed E-state index contributed by atoms with van der Waals surface area (Å²) in [5.74, 6) is 0. The third kappa shape index (κ3) is 0.897. The summed E-state index contributed by atoms with van der Waals surface area (Å²) in [6.45, 7) is 9.94. The topological polar surface area (TPSA) is 15.3 Å². The minimum Gasteiger partial charge on any atom is -0.366 e. The molecule has 0 aliphatic carbocycles. The smallest absolute Gasteiger partial charge is 0.0473 e. The number of allylic oxidation sites excluding steroid dienone is 1. The molecule has 2 unspecified atom stereocenters. The van der Waals surface area contributed by atoms with Crippen molar-refractivity contribution in [3.63, 3.8) is 0 Å². The standard InChI is InChI=1S/C9H14N2/c1-3-7(2)11-6-8-9(11)4-5-10-8/h3,8-10H,1-2,4-6H2.